The maximum atomic E-state index is 13.3. The largest absolute Gasteiger partial charge is 0.462 e. The summed E-state index contributed by atoms with van der Waals surface area (Å²) < 4.78 is 5.96. The van der Waals surface area contributed by atoms with Gasteiger partial charge in [0.2, 0.25) is 5.91 Å². The van der Waals surface area contributed by atoms with Gasteiger partial charge in [-0.15, -0.1) is 0 Å². The lowest BCUT2D eigenvalue weighted by molar-refractivity contribution is -0.151. The Bertz CT molecular complexity index is 1040. The number of aliphatic hydroxyl groups excluding tert-OH is 2. The minimum atomic E-state index is -0.789. The summed E-state index contributed by atoms with van der Waals surface area (Å²) in [5.74, 6) is -0.474. The summed E-state index contributed by atoms with van der Waals surface area (Å²) in [6, 6.07) is -0.703. The molecule has 0 aliphatic heterocycles. The summed E-state index contributed by atoms with van der Waals surface area (Å²) in [5, 5.41) is 23.9. The fourth-order valence-corrected chi connectivity index (χ4v) is 9.25. The first kappa shape index (κ1) is 64.3. The highest BCUT2D eigenvalue weighted by molar-refractivity contribution is 5.77. The number of unbranched alkanes of at least 4 members (excludes halogenated alkanes) is 38. The van der Waals surface area contributed by atoms with Crippen LogP contribution in [0, 0.1) is 0 Å². The molecule has 390 valence electrons. The number of amides is 1. The number of aliphatic hydroxyl groups is 2. The molecule has 0 bridgehead atoms. The standard InChI is InChI=1S/C60H115NO5/c1-4-7-10-13-16-19-22-25-28-31-34-37-40-43-46-49-52-58(63)57(55-62)61-59(64)54-56(51-48-45-42-39-36-33-30-27-24-21-18-15-12-9-6-3)66-60(65)53-50-47-44-41-38-35-32-29-26-23-20-17-14-11-8-5-2/h27,29-30,32,56-58,62-63H,4-26,28,31,33-55H2,1-3H3,(H,61,64)/b30-27+,32-29+. The molecule has 3 N–H and O–H groups in total. The highest BCUT2D eigenvalue weighted by Gasteiger charge is 2.24. The molecule has 0 aliphatic carbocycles. The number of hydrogen-bond donors (Lipinski definition) is 3. The van der Waals surface area contributed by atoms with Gasteiger partial charge in [-0.1, -0.05) is 257 Å². The Balaban J connectivity index is 4.53. The van der Waals surface area contributed by atoms with E-state index in [4.69, 9.17) is 4.74 Å². The highest BCUT2D eigenvalue weighted by Crippen LogP contribution is 2.19. The molecule has 0 heterocycles. The number of allylic oxidation sites excluding steroid dienone is 4. The van der Waals surface area contributed by atoms with Gasteiger partial charge in [-0.25, -0.2) is 0 Å². The molecular formula is C60H115NO5. The predicted molar refractivity (Wildman–Crippen MR) is 287 cm³/mol. The lowest BCUT2D eigenvalue weighted by Gasteiger charge is -2.24. The van der Waals surface area contributed by atoms with E-state index in [1.165, 1.54) is 212 Å². The fraction of sp³-hybridized carbons (Fsp3) is 0.900. The maximum Gasteiger partial charge on any atom is 0.306 e. The van der Waals surface area contributed by atoms with Gasteiger partial charge in [0, 0.05) is 6.42 Å². The third-order valence-corrected chi connectivity index (χ3v) is 13.8. The SMILES string of the molecule is CCCCCCCC/C=C/CCCCCCCC(CC(=O)NC(CO)C(O)CCCCCCCCCCCCCCCCCC)OC(=O)CCCCCCC/C=C/CCCCCCCCC. The monoisotopic (exact) mass is 930 g/mol. The van der Waals surface area contributed by atoms with Crippen molar-refractivity contribution in [1.29, 1.82) is 0 Å². The Hall–Kier alpha value is -1.66. The molecule has 6 nitrogen and oxygen atoms in total. The van der Waals surface area contributed by atoms with Crippen LogP contribution in [0.2, 0.25) is 0 Å². The van der Waals surface area contributed by atoms with Crippen LogP contribution in [-0.4, -0.2) is 46.9 Å². The number of carbonyl (C=O) groups excluding carboxylic acids is 2. The molecule has 0 aromatic rings. The Kier molecular flexibility index (Phi) is 52.9. The molecule has 0 aliphatic rings. The lowest BCUT2D eigenvalue weighted by atomic mass is 10.0. The smallest absolute Gasteiger partial charge is 0.306 e. The van der Waals surface area contributed by atoms with Crippen LogP contribution in [0.15, 0.2) is 24.3 Å². The number of nitrogens with one attached hydrogen (secondary N) is 1. The molecular weight excluding hydrogens is 815 g/mol. The Labute approximate surface area is 411 Å². The minimum Gasteiger partial charge on any atom is -0.462 e. The number of ether oxygens (including phenoxy) is 1. The summed E-state index contributed by atoms with van der Waals surface area (Å²) >= 11 is 0. The molecule has 0 spiro atoms. The second kappa shape index (κ2) is 54.3. The van der Waals surface area contributed by atoms with Gasteiger partial charge in [-0.3, -0.25) is 9.59 Å². The zero-order chi connectivity index (χ0) is 48.1. The Morgan fingerprint density at radius 2 is 0.727 bits per heavy atom. The van der Waals surface area contributed by atoms with E-state index in [0.717, 1.165) is 64.2 Å². The fourth-order valence-electron chi connectivity index (χ4n) is 9.25. The quantitative estimate of drug-likeness (QED) is 0.0321. The van der Waals surface area contributed by atoms with Gasteiger partial charge in [-0.2, -0.15) is 0 Å². The van der Waals surface area contributed by atoms with E-state index in [1.807, 2.05) is 0 Å². The first-order valence-corrected chi connectivity index (χ1v) is 29.6. The van der Waals surface area contributed by atoms with Crippen LogP contribution in [-0.2, 0) is 14.3 Å². The molecule has 3 atom stereocenters. The number of rotatable bonds is 54. The van der Waals surface area contributed by atoms with Gasteiger partial charge in [0.25, 0.3) is 0 Å². The van der Waals surface area contributed by atoms with E-state index >= 15 is 0 Å². The van der Waals surface area contributed by atoms with Crippen LogP contribution in [0.3, 0.4) is 0 Å². The van der Waals surface area contributed by atoms with E-state index in [0.29, 0.717) is 19.3 Å². The van der Waals surface area contributed by atoms with Gasteiger partial charge >= 0.3 is 5.97 Å². The van der Waals surface area contributed by atoms with E-state index in [9.17, 15) is 19.8 Å². The average molecular weight is 931 g/mol. The van der Waals surface area contributed by atoms with Gasteiger partial charge in [0.15, 0.2) is 0 Å². The molecule has 0 aromatic carbocycles. The van der Waals surface area contributed by atoms with Crippen molar-refractivity contribution in [2.45, 2.75) is 341 Å². The number of esters is 1. The average Bonchev–Trinajstić information content (AvgIpc) is 3.31. The van der Waals surface area contributed by atoms with Crippen molar-refractivity contribution in [2.75, 3.05) is 6.61 Å². The molecule has 66 heavy (non-hydrogen) atoms. The Morgan fingerprint density at radius 3 is 1.08 bits per heavy atom. The highest BCUT2D eigenvalue weighted by atomic mass is 16.5. The molecule has 0 radical (unpaired) electrons. The van der Waals surface area contributed by atoms with Crippen molar-refractivity contribution in [3.63, 3.8) is 0 Å². The zero-order valence-corrected chi connectivity index (χ0v) is 44.6. The van der Waals surface area contributed by atoms with Crippen LogP contribution >= 0.6 is 0 Å². The van der Waals surface area contributed by atoms with Gasteiger partial charge in [0.1, 0.15) is 6.10 Å². The second-order valence-corrected chi connectivity index (χ2v) is 20.4. The number of carbonyl (C=O) groups is 2. The van der Waals surface area contributed by atoms with Crippen LogP contribution in [0.5, 0.6) is 0 Å². The summed E-state index contributed by atoms with van der Waals surface area (Å²) in [7, 11) is 0. The summed E-state index contributed by atoms with van der Waals surface area (Å²) in [4.78, 5) is 26.3. The van der Waals surface area contributed by atoms with Crippen molar-refractivity contribution in [3.05, 3.63) is 24.3 Å². The van der Waals surface area contributed by atoms with Crippen molar-refractivity contribution in [1.82, 2.24) is 5.32 Å². The van der Waals surface area contributed by atoms with Crippen LogP contribution in [0.4, 0.5) is 0 Å². The van der Waals surface area contributed by atoms with Crippen molar-refractivity contribution < 1.29 is 24.5 Å². The van der Waals surface area contributed by atoms with Gasteiger partial charge in [-0.05, 0) is 77.0 Å². The first-order chi connectivity index (χ1) is 32.5. The van der Waals surface area contributed by atoms with E-state index in [-0.39, 0.29) is 24.9 Å². The van der Waals surface area contributed by atoms with Crippen molar-refractivity contribution in [3.8, 4) is 0 Å². The molecule has 1 amide bonds. The maximum absolute atomic E-state index is 13.3. The van der Waals surface area contributed by atoms with E-state index in [2.05, 4.69) is 50.4 Å². The van der Waals surface area contributed by atoms with E-state index < -0.39 is 18.2 Å². The predicted octanol–water partition coefficient (Wildman–Crippen LogP) is 18.2. The molecule has 0 saturated carbocycles. The topological polar surface area (TPSA) is 95.9 Å². The molecule has 0 saturated heterocycles. The van der Waals surface area contributed by atoms with Crippen LogP contribution < -0.4 is 5.32 Å². The third-order valence-electron chi connectivity index (χ3n) is 13.8. The molecule has 0 rings (SSSR count). The number of hydrogen-bond acceptors (Lipinski definition) is 5. The van der Waals surface area contributed by atoms with Gasteiger partial charge < -0.3 is 20.3 Å². The van der Waals surface area contributed by atoms with E-state index in [1.54, 1.807) is 0 Å². The normalized spacial score (nSPS) is 13.2. The second-order valence-electron chi connectivity index (χ2n) is 20.4. The molecule has 6 heteroatoms. The first-order valence-electron chi connectivity index (χ1n) is 29.6. The van der Waals surface area contributed by atoms with Gasteiger partial charge in [0.05, 0.1) is 25.2 Å². The van der Waals surface area contributed by atoms with Crippen LogP contribution in [0.25, 0.3) is 0 Å². The lowest BCUT2D eigenvalue weighted by Crippen LogP contribution is -2.46. The zero-order valence-electron chi connectivity index (χ0n) is 44.6. The van der Waals surface area contributed by atoms with Crippen molar-refractivity contribution >= 4 is 11.9 Å². The summed E-state index contributed by atoms with van der Waals surface area (Å²) in [6.07, 6.45) is 63.8. The molecule has 0 fully saturated rings. The molecule has 3 unspecified atom stereocenters. The minimum absolute atomic E-state index is 0.0733. The summed E-state index contributed by atoms with van der Waals surface area (Å²) in [6.45, 7) is 6.51. The summed E-state index contributed by atoms with van der Waals surface area (Å²) in [5.41, 5.74) is 0. The molecule has 0 aromatic heterocycles. The van der Waals surface area contributed by atoms with Crippen LogP contribution in [0.1, 0.15) is 323 Å². The van der Waals surface area contributed by atoms with Crippen molar-refractivity contribution in [2.24, 2.45) is 0 Å². The third kappa shape index (κ3) is 48.8. The Morgan fingerprint density at radius 1 is 0.424 bits per heavy atom.